The molecule has 0 aliphatic heterocycles. The molecule has 1 aromatic heterocycles. The van der Waals surface area contributed by atoms with Gasteiger partial charge in [0.2, 0.25) is 11.8 Å². The molecule has 1 unspecified atom stereocenters. The highest BCUT2D eigenvalue weighted by Gasteiger charge is 2.15. The molecule has 7 nitrogen and oxygen atoms in total. The number of nitrogens with one attached hydrogen (secondary N) is 1. The summed E-state index contributed by atoms with van der Waals surface area (Å²) in [5.41, 5.74) is 6.98. The molecule has 2 aromatic carbocycles. The van der Waals surface area contributed by atoms with E-state index >= 15 is 0 Å². The van der Waals surface area contributed by atoms with Crippen LogP contribution in [0.1, 0.15) is 42.1 Å². The van der Waals surface area contributed by atoms with E-state index in [0.29, 0.717) is 22.9 Å². The second-order valence-electron chi connectivity index (χ2n) is 6.86. The molecule has 0 bridgehead atoms. The summed E-state index contributed by atoms with van der Waals surface area (Å²) in [6.07, 6.45) is 2.34. The van der Waals surface area contributed by atoms with Crippen LogP contribution in [-0.4, -0.2) is 19.3 Å². The quantitative estimate of drug-likeness (QED) is 0.559. The predicted octanol–water partition coefficient (Wildman–Crippen LogP) is 4.29. The van der Waals surface area contributed by atoms with Crippen molar-refractivity contribution in [3.05, 3.63) is 78.0 Å². The third-order valence-electron chi connectivity index (χ3n) is 4.70. The van der Waals surface area contributed by atoms with E-state index < -0.39 is 15.9 Å². The molecule has 8 heteroatoms. The number of anilines is 1. The molecule has 0 saturated heterocycles. The second kappa shape index (κ2) is 8.96. The maximum absolute atomic E-state index is 12.6. The molecule has 1 heterocycles. The minimum absolute atomic E-state index is 0.179. The van der Waals surface area contributed by atoms with Crippen LogP contribution in [0.15, 0.2) is 71.8 Å². The molecule has 0 fully saturated rings. The van der Waals surface area contributed by atoms with Gasteiger partial charge in [-0.05, 0) is 54.3 Å². The van der Waals surface area contributed by atoms with Crippen LogP contribution in [0.2, 0.25) is 0 Å². The summed E-state index contributed by atoms with van der Waals surface area (Å²) in [7, 11) is -3.73. The molecule has 3 aromatic rings. The van der Waals surface area contributed by atoms with Crippen molar-refractivity contribution >= 4 is 21.6 Å². The standard InChI is InChI=1S/C22H23N3O4S/c1-3-15(2)16-7-10-20(11-8-16)30(27,28)25-18-9-12-21(24-14-18)29-19-6-4-5-17(13-19)22(23)26/h4-15,25H,3H2,1-2H3,(H2,23,26). The van der Waals surface area contributed by atoms with E-state index in [9.17, 15) is 13.2 Å². The smallest absolute Gasteiger partial charge is 0.261 e. The van der Waals surface area contributed by atoms with Gasteiger partial charge >= 0.3 is 0 Å². The van der Waals surface area contributed by atoms with Crippen molar-refractivity contribution in [2.45, 2.75) is 31.1 Å². The van der Waals surface area contributed by atoms with Crippen LogP contribution in [0.5, 0.6) is 11.6 Å². The highest BCUT2D eigenvalue weighted by atomic mass is 32.2. The lowest BCUT2D eigenvalue weighted by atomic mass is 9.99. The third-order valence-corrected chi connectivity index (χ3v) is 6.10. The average Bonchev–Trinajstić information content (AvgIpc) is 2.74. The first-order chi connectivity index (χ1) is 14.3. The summed E-state index contributed by atoms with van der Waals surface area (Å²) in [6.45, 7) is 4.19. The number of carbonyl (C=O) groups excluding carboxylic acids is 1. The van der Waals surface area contributed by atoms with Crippen LogP contribution >= 0.6 is 0 Å². The molecular formula is C22H23N3O4S. The molecule has 1 amide bonds. The number of nitrogens with two attached hydrogens (primary N) is 1. The summed E-state index contributed by atoms with van der Waals surface area (Å²) < 4.78 is 33.3. The van der Waals surface area contributed by atoms with Gasteiger partial charge in [-0.1, -0.05) is 32.0 Å². The van der Waals surface area contributed by atoms with E-state index in [-0.39, 0.29) is 10.8 Å². The highest BCUT2D eigenvalue weighted by molar-refractivity contribution is 7.92. The first-order valence-corrected chi connectivity index (χ1v) is 10.9. The molecule has 3 N–H and O–H groups in total. The number of benzene rings is 2. The summed E-state index contributed by atoms with van der Waals surface area (Å²) in [4.78, 5) is 15.5. The molecule has 30 heavy (non-hydrogen) atoms. The topological polar surface area (TPSA) is 111 Å². The highest BCUT2D eigenvalue weighted by Crippen LogP contribution is 2.24. The first kappa shape index (κ1) is 21.3. The number of nitrogens with zero attached hydrogens (tertiary/aromatic N) is 1. The first-order valence-electron chi connectivity index (χ1n) is 9.45. The second-order valence-corrected chi connectivity index (χ2v) is 8.55. The van der Waals surface area contributed by atoms with Gasteiger partial charge in [-0.15, -0.1) is 0 Å². The zero-order valence-electron chi connectivity index (χ0n) is 16.7. The van der Waals surface area contributed by atoms with Crippen LogP contribution in [0.25, 0.3) is 0 Å². The largest absolute Gasteiger partial charge is 0.439 e. The Bertz CT molecular complexity index is 1130. The van der Waals surface area contributed by atoms with Crippen LogP contribution < -0.4 is 15.2 Å². The van der Waals surface area contributed by atoms with E-state index in [0.717, 1.165) is 12.0 Å². The van der Waals surface area contributed by atoms with Crippen molar-refractivity contribution in [2.24, 2.45) is 5.73 Å². The maximum atomic E-state index is 12.6. The van der Waals surface area contributed by atoms with Crippen molar-refractivity contribution in [1.29, 1.82) is 0 Å². The zero-order valence-corrected chi connectivity index (χ0v) is 17.5. The lowest BCUT2D eigenvalue weighted by molar-refractivity contribution is 0.1000. The predicted molar refractivity (Wildman–Crippen MR) is 115 cm³/mol. The fourth-order valence-corrected chi connectivity index (χ4v) is 3.80. The Morgan fingerprint density at radius 2 is 1.87 bits per heavy atom. The Balaban J connectivity index is 1.70. The maximum Gasteiger partial charge on any atom is 0.261 e. The van der Waals surface area contributed by atoms with Crippen LogP contribution in [0.3, 0.4) is 0 Å². The number of amides is 1. The van der Waals surface area contributed by atoms with E-state index in [4.69, 9.17) is 10.5 Å². The van der Waals surface area contributed by atoms with Gasteiger partial charge in [0.15, 0.2) is 0 Å². The number of hydrogen-bond acceptors (Lipinski definition) is 5. The van der Waals surface area contributed by atoms with Crippen LogP contribution in [0, 0.1) is 0 Å². The fraction of sp³-hybridized carbons (Fsp3) is 0.182. The minimum atomic E-state index is -3.73. The van der Waals surface area contributed by atoms with Crippen molar-refractivity contribution < 1.29 is 17.9 Å². The minimum Gasteiger partial charge on any atom is -0.439 e. The normalized spacial score (nSPS) is 12.2. The summed E-state index contributed by atoms with van der Waals surface area (Å²) >= 11 is 0. The fourth-order valence-electron chi connectivity index (χ4n) is 2.76. The van der Waals surface area contributed by atoms with Gasteiger partial charge in [0.25, 0.3) is 10.0 Å². The van der Waals surface area contributed by atoms with Crippen molar-refractivity contribution in [3.8, 4) is 11.6 Å². The Morgan fingerprint density at radius 1 is 1.13 bits per heavy atom. The van der Waals surface area contributed by atoms with Crippen LogP contribution in [-0.2, 0) is 10.0 Å². The Kier molecular flexibility index (Phi) is 6.37. The van der Waals surface area contributed by atoms with Gasteiger partial charge < -0.3 is 10.5 Å². The lowest BCUT2D eigenvalue weighted by Gasteiger charge is -2.12. The van der Waals surface area contributed by atoms with Gasteiger partial charge in [-0.25, -0.2) is 13.4 Å². The summed E-state index contributed by atoms with van der Waals surface area (Å²) in [6, 6.07) is 16.3. The Labute approximate surface area is 176 Å². The van der Waals surface area contributed by atoms with E-state index in [1.54, 1.807) is 36.4 Å². The molecular weight excluding hydrogens is 402 g/mol. The van der Waals surface area contributed by atoms with E-state index in [1.165, 1.54) is 18.3 Å². The summed E-state index contributed by atoms with van der Waals surface area (Å²) in [5, 5.41) is 0. The van der Waals surface area contributed by atoms with Gasteiger partial charge in [0, 0.05) is 11.6 Å². The molecule has 0 aliphatic carbocycles. The number of pyridine rings is 1. The molecule has 0 radical (unpaired) electrons. The lowest BCUT2D eigenvalue weighted by Crippen LogP contribution is -2.13. The van der Waals surface area contributed by atoms with Crippen LogP contribution in [0.4, 0.5) is 5.69 Å². The molecule has 0 spiro atoms. The zero-order chi connectivity index (χ0) is 21.7. The molecule has 0 saturated carbocycles. The van der Waals surface area contributed by atoms with Gasteiger partial charge in [0.05, 0.1) is 16.8 Å². The molecule has 1 atom stereocenters. The number of primary amides is 1. The number of carbonyl (C=O) groups is 1. The Morgan fingerprint density at radius 3 is 2.47 bits per heavy atom. The third kappa shape index (κ3) is 5.15. The SMILES string of the molecule is CCC(C)c1ccc(S(=O)(=O)Nc2ccc(Oc3cccc(C(N)=O)c3)nc2)cc1. The van der Waals surface area contributed by atoms with Crippen molar-refractivity contribution in [2.75, 3.05) is 4.72 Å². The number of hydrogen-bond donors (Lipinski definition) is 2. The molecule has 0 aliphatic rings. The van der Waals surface area contributed by atoms with Crippen molar-refractivity contribution in [1.82, 2.24) is 4.98 Å². The number of ether oxygens (including phenoxy) is 1. The van der Waals surface area contributed by atoms with Crippen molar-refractivity contribution in [3.63, 3.8) is 0 Å². The van der Waals surface area contributed by atoms with E-state index in [1.807, 2.05) is 12.1 Å². The van der Waals surface area contributed by atoms with Gasteiger partial charge in [-0.3, -0.25) is 9.52 Å². The molecule has 3 rings (SSSR count). The van der Waals surface area contributed by atoms with Gasteiger partial charge in [0.1, 0.15) is 5.75 Å². The average molecular weight is 426 g/mol. The van der Waals surface area contributed by atoms with Gasteiger partial charge in [-0.2, -0.15) is 0 Å². The Hall–Kier alpha value is -3.39. The monoisotopic (exact) mass is 425 g/mol. The molecule has 156 valence electrons. The number of rotatable bonds is 8. The number of sulfonamides is 1. The number of aromatic nitrogens is 1. The summed E-state index contributed by atoms with van der Waals surface area (Å²) in [5.74, 6) is 0.455. The van der Waals surface area contributed by atoms with E-state index in [2.05, 4.69) is 23.6 Å².